The number of rotatable bonds is 5. The quantitative estimate of drug-likeness (QED) is 0.166. The molecule has 0 bridgehead atoms. The van der Waals surface area contributed by atoms with E-state index in [-0.39, 0.29) is 0 Å². The molecule has 1 heteroatoms. The first-order valence-corrected chi connectivity index (χ1v) is 18.2. The van der Waals surface area contributed by atoms with Gasteiger partial charge in [-0.1, -0.05) is 151 Å². The maximum atomic E-state index is 2.55. The number of aryl methyl sites for hydroxylation is 3. The van der Waals surface area contributed by atoms with Crippen LogP contribution in [0.25, 0.3) is 76.8 Å². The van der Waals surface area contributed by atoms with E-state index in [0.717, 1.165) is 0 Å². The molecule has 52 heavy (non-hydrogen) atoms. The first kappa shape index (κ1) is 30.4. The predicted molar refractivity (Wildman–Crippen MR) is 223 cm³/mol. The van der Waals surface area contributed by atoms with Gasteiger partial charge in [0.1, 0.15) is 0 Å². The van der Waals surface area contributed by atoms with Crippen molar-refractivity contribution in [2.24, 2.45) is 0 Å². The molecule has 9 aromatic carbocycles. The summed E-state index contributed by atoms with van der Waals surface area (Å²) in [5, 5.41) is 7.79. The third-order valence-electron chi connectivity index (χ3n) is 11.0. The smallest absolute Gasteiger partial charge is 0.0547 e. The van der Waals surface area contributed by atoms with Crippen molar-refractivity contribution in [1.82, 2.24) is 0 Å². The van der Waals surface area contributed by atoms with Gasteiger partial charge in [0, 0.05) is 16.2 Å². The van der Waals surface area contributed by atoms with E-state index in [1.165, 1.54) is 111 Å². The Morgan fingerprint density at radius 2 is 0.750 bits per heavy atom. The summed E-state index contributed by atoms with van der Waals surface area (Å²) in [6.07, 6.45) is 0. The van der Waals surface area contributed by atoms with Crippen molar-refractivity contribution in [2.75, 3.05) is 4.90 Å². The van der Waals surface area contributed by atoms with Crippen LogP contribution < -0.4 is 4.90 Å². The van der Waals surface area contributed by atoms with Crippen LogP contribution in [0.15, 0.2) is 170 Å². The van der Waals surface area contributed by atoms with Crippen molar-refractivity contribution in [1.29, 1.82) is 0 Å². The number of nitrogens with zero attached hydrogens (tertiary/aromatic N) is 1. The van der Waals surface area contributed by atoms with Gasteiger partial charge in [0.25, 0.3) is 0 Å². The molecule has 1 aliphatic rings. The van der Waals surface area contributed by atoms with Crippen molar-refractivity contribution < 1.29 is 0 Å². The first-order chi connectivity index (χ1) is 25.5. The fourth-order valence-corrected chi connectivity index (χ4v) is 8.81. The van der Waals surface area contributed by atoms with Crippen molar-refractivity contribution in [3.05, 3.63) is 187 Å². The highest BCUT2D eigenvalue weighted by Crippen LogP contribution is 2.55. The zero-order chi connectivity index (χ0) is 34.9. The van der Waals surface area contributed by atoms with Gasteiger partial charge in [-0.05, 0) is 117 Å². The molecule has 1 nitrogen and oxygen atoms in total. The van der Waals surface area contributed by atoms with E-state index in [9.17, 15) is 0 Å². The largest absolute Gasteiger partial charge is 0.309 e. The number of anilines is 3. The lowest BCUT2D eigenvalue weighted by Gasteiger charge is -2.35. The normalized spacial score (nSPS) is 12.1. The van der Waals surface area contributed by atoms with Crippen LogP contribution >= 0.6 is 0 Å². The fraction of sp³-hybridized carbons (Fsp3) is 0.0588. The summed E-state index contributed by atoms with van der Waals surface area (Å²) in [5.74, 6) is 0. The minimum absolute atomic E-state index is 1.22. The van der Waals surface area contributed by atoms with Gasteiger partial charge in [0.05, 0.1) is 17.1 Å². The van der Waals surface area contributed by atoms with Crippen LogP contribution in [0.3, 0.4) is 0 Å². The maximum Gasteiger partial charge on any atom is 0.0547 e. The SMILES string of the molecule is Cc1cc(C)c(N2c3cccc4c(-c5ccc(-c6ccccc6)cc5)cc5cc(-c6ccc(-c7ccccc7)cc6)c6cccc2c6c5c34)c(C)c1. The molecule has 0 spiro atoms. The van der Waals surface area contributed by atoms with E-state index in [2.05, 4.69) is 196 Å². The Labute approximate surface area is 305 Å². The molecule has 1 aliphatic heterocycles. The topological polar surface area (TPSA) is 3.24 Å². The van der Waals surface area contributed by atoms with Crippen molar-refractivity contribution in [3.63, 3.8) is 0 Å². The summed E-state index contributed by atoms with van der Waals surface area (Å²) in [7, 11) is 0. The molecule has 10 rings (SSSR count). The summed E-state index contributed by atoms with van der Waals surface area (Å²) < 4.78 is 0. The number of hydrogen-bond donors (Lipinski definition) is 0. The van der Waals surface area contributed by atoms with Crippen LogP contribution in [0.5, 0.6) is 0 Å². The summed E-state index contributed by atoms with van der Waals surface area (Å²) in [5.41, 5.74) is 17.5. The van der Waals surface area contributed by atoms with Crippen LogP contribution in [-0.4, -0.2) is 0 Å². The van der Waals surface area contributed by atoms with Gasteiger partial charge < -0.3 is 4.90 Å². The maximum absolute atomic E-state index is 2.55. The summed E-state index contributed by atoms with van der Waals surface area (Å²) in [4.78, 5) is 2.55. The molecule has 0 fully saturated rings. The summed E-state index contributed by atoms with van der Waals surface area (Å²) in [6.45, 7) is 6.72. The van der Waals surface area contributed by atoms with Gasteiger partial charge >= 0.3 is 0 Å². The Bertz CT molecular complexity index is 2640. The van der Waals surface area contributed by atoms with Crippen molar-refractivity contribution >= 4 is 49.4 Å². The Morgan fingerprint density at radius 3 is 1.19 bits per heavy atom. The minimum Gasteiger partial charge on any atom is -0.309 e. The monoisotopic (exact) mass is 663 g/mol. The Hall–Kier alpha value is -6.44. The molecule has 9 aromatic rings. The second-order valence-electron chi connectivity index (χ2n) is 14.3. The second-order valence-corrected chi connectivity index (χ2v) is 14.3. The Kier molecular flexibility index (Phi) is 6.91. The summed E-state index contributed by atoms with van der Waals surface area (Å²) in [6, 6.07) is 62.8. The third kappa shape index (κ3) is 4.70. The van der Waals surface area contributed by atoms with Crippen molar-refractivity contribution in [2.45, 2.75) is 20.8 Å². The molecule has 0 N–H and O–H groups in total. The molecule has 0 saturated carbocycles. The highest BCUT2D eigenvalue weighted by molar-refractivity contribution is 6.34. The molecule has 0 aliphatic carbocycles. The van der Waals surface area contributed by atoms with Gasteiger partial charge in [-0.15, -0.1) is 0 Å². The minimum atomic E-state index is 1.22. The van der Waals surface area contributed by atoms with Crippen LogP contribution in [0, 0.1) is 20.8 Å². The molecule has 0 amide bonds. The third-order valence-corrected chi connectivity index (χ3v) is 11.0. The lowest BCUT2D eigenvalue weighted by Crippen LogP contribution is -2.16. The summed E-state index contributed by atoms with van der Waals surface area (Å²) >= 11 is 0. The van der Waals surface area contributed by atoms with Crippen LogP contribution in [0.2, 0.25) is 0 Å². The van der Waals surface area contributed by atoms with Gasteiger partial charge in [0.15, 0.2) is 0 Å². The highest BCUT2D eigenvalue weighted by Gasteiger charge is 2.29. The molecule has 1 heterocycles. The molecule has 246 valence electrons. The zero-order valence-corrected chi connectivity index (χ0v) is 29.6. The molecule has 0 saturated heterocycles. The molecule has 0 atom stereocenters. The average molecular weight is 664 g/mol. The first-order valence-electron chi connectivity index (χ1n) is 18.2. The zero-order valence-electron chi connectivity index (χ0n) is 29.6. The molecular weight excluding hydrogens is 627 g/mol. The lowest BCUT2D eigenvalue weighted by molar-refractivity contribution is 1.22. The van der Waals surface area contributed by atoms with E-state index in [1.54, 1.807) is 0 Å². The molecule has 0 aromatic heterocycles. The number of benzene rings is 9. The lowest BCUT2D eigenvalue weighted by atomic mass is 9.83. The van der Waals surface area contributed by atoms with Gasteiger partial charge in [-0.2, -0.15) is 0 Å². The van der Waals surface area contributed by atoms with E-state index in [1.807, 2.05) is 0 Å². The van der Waals surface area contributed by atoms with Crippen LogP contribution in [-0.2, 0) is 0 Å². The van der Waals surface area contributed by atoms with E-state index in [4.69, 9.17) is 0 Å². The van der Waals surface area contributed by atoms with Crippen LogP contribution in [0.1, 0.15) is 16.7 Å². The van der Waals surface area contributed by atoms with E-state index < -0.39 is 0 Å². The number of hydrogen-bond acceptors (Lipinski definition) is 1. The molecular formula is C51H37N. The Balaban J connectivity index is 1.28. The molecule has 0 unspecified atom stereocenters. The van der Waals surface area contributed by atoms with Gasteiger partial charge in [-0.25, -0.2) is 0 Å². The standard InChI is InChI=1S/C51H37N/c1-32-28-33(2)51(34(3)29-32)52-46-18-10-16-42-44(39-24-20-37(21-25-39)35-12-6-4-7-13-35)30-41-31-45(43-17-11-19-47(52)50(43)48(41)49(42)46)40-26-22-38(23-27-40)36-14-8-5-9-15-36/h4-31H,1-3H3. The molecule has 0 radical (unpaired) electrons. The second kappa shape index (κ2) is 11.8. The van der Waals surface area contributed by atoms with E-state index >= 15 is 0 Å². The Morgan fingerprint density at radius 1 is 0.346 bits per heavy atom. The van der Waals surface area contributed by atoms with Crippen LogP contribution in [0.4, 0.5) is 17.1 Å². The highest BCUT2D eigenvalue weighted by atomic mass is 15.2. The van der Waals surface area contributed by atoms with Crippen molar-refractivity contribution in [3.8, 4) is 44.5 Å². The predicted octanol–water partition coefficient (Wildman–Crippen LogP) is 14.5. The van der Waals surface area contributed by atoms with E-state index in [0.29, 0.717) is 0 Å². The fourth-order valence-electron chi connectivity index (χ4n) is 8.81. The average Bonchev–Trinajstić information content (AvgIpc) is 3.19. The van der Waals surface area contributed by atoms with Gasteiger partial charge in [-0.3, -0.25) is 0 Å². The van der Waals surface area contributed by atoms with Gasteiger partial charge in [0.2, 0.25) is 0 Å².